The Morgan fingerprint density at radius 1 is 0.607 bits per heavy atom. The van der Waals surface area contributed by atoms with Crippen molar-refractivity contribution in [3.63, 3.8) is 0 Å². The number of amides is 2. The molecule has 0 fully saturated rings. The second kappa shape index (κ2) is 16.7. The monoisotopic (exact) mass is 738 g/mol. The molecule has 0 spiro atoms. The predicted molar refractivity (Wildman–Crippen MR) is 214 cm³/mol. The van der Waals surface area contributed by atoms with Crippen LogP contribution in [-0.4, -0.2) is 36.7 Å². The van der Waals surface area contributed by atoms with Crippen molar-refractivity contribution in [3.05, 3.63) is 224 Å². The number of nitriles is 1. The standard InChI is InChI=1S/C46H38N6O4/c47-30-34-16-13-15-33(27-34)29-41(43(48)53)49(44(54)42(37-19-5-1-6-20-37)38-21-7-2-8-22-38)31-35-17-14-18-36(28-35)32-50-45(55)51(39-23-9-3-10-24-39)52(46(50)56)40-25-11-4-12-26-40/h1-28,41-42H,29,31-32H2,(H2,48,53)/t41-/m1/s1. The Labute approximate surface area is 323 Å². The number of nitrogens with zero attached hydrogens (tertiary/aromatic N) is 5. The van der Waals surface area contributed by atoms with Crippen LogP contribution in [0.5, 0.6) is 0 Å². The molecule has 10 nitrogen and oxygen atoms in total. The molecule has 0 unspecified atom stereocenters. The van der Waals surface area contributed by atoms with Crippen LogP contribution in [0.25, 0.3) is 11.4 Å². The first-order valence-corrected chi connectivity index (χ1v) is 18.1. The molecule has 56 heavy (non-hydrogen) atoms. The molecule has 2 amide bonds. The number of aromatic nitrogens is 3. The molecule has 2 N–H and O–H groups in total. The molecule has 10 heteroatoms. The smallest absolute Gasteiger partial charge is 0.352 e. The second-order valence-electron chi connectivity index (χ2n) is 13.4. The van der Waals surface area contributed by atoms with E-state index in [1.165, 1.54) is 18.8 Å². The third kappa shape index (κ3) is 7.88. The van der Waals surface area contributed by atoms with Crippen LogP contribution in [0.3, 0.4) is 0 Å². The van der Waals surface area contributed by atoms with Crippen LogP contribution in [0, 0.1) is 11.3 Å². The number of primary amides is 1. The Balaban J connectivity index is 1.29. The van der Waals surface area contributed by atoms with Gasteiger partial charge in [0.05, 0.1) is 35.5 Å². The van der Waals surface area contributed by atoms with E-state index in [0.717, 1.165) is 11.1 Å². The fourth-order valence-corrected chi connectivity index (χ4v) is 7.04. The third-order valence-electron chi connectivity index (χ3n) is 9.70. The van der Waals surface area contributed by atoms with Crippen molar-refractivity contribution in [1.82, 2.24) is 18.8 Å². The summed E-state index contributed by atoms with van der Waals surface area (Å²) in [6.07, 6.45) is 0.0774. The van der Waals surface area contributed by atoms with Gasteiger partial charge < -0.3 is 10.6 Å². The average molecular weight is 739 g/mol. The number of para-hydroxylation sites is 2. The van der Waals surface area contributed by atoms with Gasteiger partial charge >= 0.3 is 11.4 Å². The Morgan fingerprint density at radius 3 is 1.61 bits per heavy atom. The Kier molecular flexibility index (Phi) is 11.0. The zero-order chi connectivity index (χ0) is 39.0. The first-order valence-electron chi connectivity index (χ1n) is 18.1. The number of hydrogen-bond acceptors (Lipinski definition) is 5. The van der Waals surface area contributed by atoms with E-state index in [1.807, 2.05) is 91.0 Å². The summed E-state index contributed by atoms with van der Waals surface area (Å²) in [6.45, 7) is -0.0640. The van der Waals surface area contributed by atoms with E-state index in [0.29, 0.717) is 33.6 Å². The molecule has 1 heterocycles. The molecule has 6 aromatic carbocycles. The van der Waals surface area contributed by atoms with Crippen LogP contribution < -0.4 is 17.1 Å². The summed E-state index contributed by atoms with van der Waals surface area (Å²) in [5, 5.41) is 9.57. The van der Waals surface area contributed by atoms with Gasteiger partial charge in [-0.3, -0.25) is 9.59 Å². The second-order valence-corrected chi connectivity index (χ2v) is 13.4. The summed E-state index contributed by atoms with van der Waals surface area (Å²) < 4.78 is 3.89. The van der Waals surface area contributed by atoms with E-state index in [1.54, 1.807) is 78.9 Å². The van der Waals surface area contributed by atoms with E-state index in [-0.39, 0.29) is 25.4 Å². The molecule has 276 valence electrons. The molecule has 7 aromatic rings. The van der Waals surface area contributed by atoms with Gasteiger partial charge in [-0.15, -0.1) is 0 Å². The van der Waals surface area contributed by atoms with Crippen LogP contribution in [-0.2, 0) is 29.1 Å². The molecular weight excluding hydrogens is 701 g/mol. The van der Waals surface area contributed by atoms with Gasteiger partial charge in [0, 0.05) is 13.0 Å². The molecule has 7 rings (SSSR count). The summed E-state index contributed by atoms with van der Waals surface area (Å²) in [5.74, 6) is -1.80. The minimum absolute atomic E-state index is 0.0113. The quantitative estimate of drug-likeness (QED) is 0.156. The van der Waals surface area contributed by atoms with Gasteiger partial charge in [-0.25, -0.2) is 14.2 Å². The third-order valence-corrected chi connectivity index (χ3v) is 9.70. The number of carbonyl (C=O) groups excluding carboxylic acids is 2. The molecule has 0 radical (unpaired) electrons. The van der Waals surface area contributed by atoms with Crippen molar-refractivity contribution in [1.29, 1.82) is 5.26 Å². The van der Waals surface area contributed by atoms with E-state index in [9.17, 15) is 19.6 Å². The molecule has 0 aliphatic heterocycles. The zero-order valence-corrected chi connectivity index (χ0v) is 30.4. The van der Waals surface area contributed by atoms with E-state index < -0.39 is 29.2 Å². The maximum Gasteiger partial charge on any atom is 0.352 e. The van der Waals surface area contributed by atoms with Crippen molar-refractivity contribution in [3.8, 4) is 17.4 Å². The highest BCUT2D eigenvalue weighted by Gasteiger charge is 2.35. The average Bonchev–Trinajstić information content (AvgIpc) is 3.48. The number of carbonyl (C=O) groups is 2. The SMILES string of the molecule is N#Cc1cccc(C[C@H](C(N)=O)N(Cc2cccc(Cn3c(=O)n(-c4ccccc4)n(-c4ccccc4)c3=O)c2)C(=O)C(c2ccccc2)c2ccccc2)c1. The number of rotatable bonds is 13. The van der Waals surface area contributed by atoms with Gasteiger partial charge in [0.2, 0.25) is 11.8 Å². The lowest BCUT2D eigenvalue weighted by Crippen LogP contribution is -2.50. The molecule has 1 atom stereocenters. The Bertz CT molecular complexity index is 2520. The maximum absolute atomic E-state index is 15.1. The lowest BCUT2D eigenvalue weighted by atomic mass is 9.88. The van der Waals surface area contributed by atoms with Gasteiger partial charge in [0.1, 0.15) is 6.04 Å². The van der Waals surface area contributed by atoms with Crippen LogP contribution >= 0.6 is 0 Å². The fourth-order valence-electron chi connectivity index (χ4n) is 7.04. The first-order chi connectivity index (χ1) is 27.3. The topological polar surface area (TPSA) is 136 Å². The lowest BCUT2D eigenvalue weighted by molar-refractivity contribution is -0.140. The van der Waals surface area contributed by atoms with Crippen molar-refractivity contribution in [2.75, 3.05) is 0 Å². The molecular formula is C46H38N6O4. The summed E-state index contributed by atoms with van der Waals surface area (Å²) in [7, 11) is 0. The Hall–Kier alpha value is -7.51. The summed E-state index contributed by atoms with van der Waals surface area (Å²) in [6, 6.07) is 51.9. The first kappa shape index (κ1) is 36.8. The summed E-state index contributed by atoms with van der Waals surface area (Å²) in [4.78, 5) is 58.1. The molecule has 0 saturated heterocycles. The molecule has 0 saturated carbocycles. The van der Waals surface area contributed by atoms with Crippen LogP contribution in [0.15, 0.2) is 179 Å². The zero-order valence-electron chi connectivity index (χ0n) is 30.4. The van der Waals surface area contributed by atoms with Crippen molar-refractivity contribution in [2.24, 2.45) is 5.73 Å². The van der Waals surface area contributed by atoms with E-state index >= 15 is 4.79 Å². The van der Waals surface area contributed by atoms with Crippen molar-refractivity contribution in [2.45, 2.75) is 31.5 Å². The van der Waals surface area contributed by atoms with Gasteiger partial charge in [-0.05, 0) is 64.2 Å². The van der Waals surface area contributed by atoms with Crippen LogP contribution in [0.2, 0.25) is 0 Å². The summed E-state index contributed by atoms with van der Waals surface area (Å²) in [5.41, 5.74) is 10.0. The van der Waals surface area contributed by atoms with Gasteiger partial charge in [0.15, 0.2) is 0 Å². The number of hydrogen-bond donors (Lipinski definition) is 1. The highest BCUT2D eigenvalue weighted by molar-refractivity contribution is 5.92. The maximum atomic E-state index is 15.1. The largest absolute Gasteiger partial charge is 0.368 e. The normalized spacial score (nSPS) is 11.5. The molecule has 0 bridgehead atoms. The van der Waals surface area contributed by atoms with E-state index in [2.05, 4.69) is 6.07 Å². The summed E-state index contributed by atoms with van der Waals surface area (Å²) >= 11 is 0. The van der Waals surface area contributed by atoms with Gasteiger partial charge in [-0.1, -0.05) is 133 Å². The predicted octanol–water partition coefficient (Wildman–Crippen LogP) is 5.97. The molecule has 0 aliphatic rings. The van der Waals surface area contributed by atoms with Gasteiger partial charge in [0.25, 0.3) is 0 Å². The Morgan fingerprint density at radius 2 is 1.09 bits per heavy atom. The molecule has 0 aliphatic carbocycles. The van der Waals surface area contributed by atoms with Crippen molar-refractivity contribution >= 4 is 11.8 Å². The minimum Gasteiger partial charge on any atom is -0.368 e. The highest BCUT2D eigenvalue weighted by Crippen LogP contribution is 2.29. The lowest BCUT2D eigenvalue weighted by Gasteiger charge is -2.33. The minimum atomic E-state index is -1.09. The fraction of sp³-hybridized carbons (Fsp3) is 0.109. The molecule has 1 aromatic heterocycles. The van der Waals surface area contributed by atoms with Crippen molar-refractivity contribution < 1.29 is 9.59 Å². The van der Waals surface area contributed by atoms with Gasteiger partial charge in [-0.2, -0.15) is 14.6 Å². The van der Waals surface area contributed by atoms with Crippen LogP contribution in [0.1, 0.15) is 39.3 Å². The number of nitrogens with two attached hydrogens (primary N) is 1. The number of benzene rings is 6. The highest BCUT2D eigenvalue weighted by atomic mass is 16.2. The van der Waals surface area contributed by atoms with E-state index in [4.69, 9.17) is 5.73 Å². The van der Waals surface area contributed by atoms with Crippen LogP contribution in [0.4, 0.5) is 0 Å².